The molecule has 4 heteroatoms. The highest BCUT2D eigenvalue weighted by molar-refractivity contribution is 5.96. The van der Waals surface area contributed by atoms with E-state index in [1.165, 1.54) is 0 Å². The molecule has 17 heavy (non-hydrogen) atoms. The zero-order valence-electron chi connectivity index (χ0n) is 10.3. The molecule has 0 saturated heterocycles. The molecule has 92 valence electrons. The summed E-state index contributed by atoms with van der Waals surface area (Å²) >= 11 is 0. The van der Waals surface area contributed by atoms with E-state index in [0.29, 0.717) is 12.1 Å². The highest BCUT2D eigenvalue weighted by atomic mass is 16.1. The normalized spacial score (nSPS) is 22.8. The van der Waals surface area contributed by atoms with Gasteiger partial charge in [0.2, 0.25) is 0 Å². The van der Waals surface area contributed by atoms with Crippen LogP contribution in [0.15, 0.2) is 18.2 Å². The second kappa shape index (κ2) is 4.75. The quantitative estimate of drug-likeness (QED) is 0.736. The smallest absolute Gasteiger partial charge is 0.251 e. The number of rotatable bonds is 3. The molecule has 0 radical (unpaired) electrons. The minimum atomic E-state index is -0.0449. The third kappa shape index (κ3) is 2.42. The van der Waals surface area contributed by atoms with Crippen molar-refractivity contribution in [3.05, 3.63) is 29.3 Å². The number of nitrogens with one attached hydrogen (secondary N) is 2. The van der Waals surface area contributed by atoms with Crippen molar-refractivity contribution in [2.24, 2.45) is 5.73 Å². The Hall–Kier alpha value is -1.55. The number of carbonyl (C=O) groups excluding carboxylic acids is 1. The predicted octanol–water partition coefficient (Wildman–Crippen LogP) is 1.26. The second-order valence-corrected chi connectivity index (χ2v) is 4.63. The molecular formula is C13H19N3O. The Balaban J connectivity index is 2.14. The number of benzene rings is 1. The van der Waals surface area contributed by atoms with Crippen molar-refractivity contribution >= 4 is 11.6 Å². The summed E-state index contributed by atoms with van der Waals surface area (Å²) in [6, 6.07) is 6.52. The summed E-state index contributed by atoms with van der Waals surface area (Å²) in [5.41, 5.74) is 8.50. The Morgan fingerprint density at radius 3 is 2.71 bits per heavy atom. The molecule has 0 atom stereocenters. The van der Waals surface area contributed by atoms with E-state index in [1.807, 2.05) is 25.1 Å². The van der Waals surface area contributed by atoms with Crippen molar-refractivity contribution < 1.29 is 4.79 Å². The third-order valence-corrected chi connectivity index (χ3v) is 3.34. The fourth-order valence-corrected chi connectivity index (χ4v) is 2.17. The predicted molar refractivity (Wildman–Crippen MR) is 69.2 cm³/mol. The minimum Gasteiger partial charge on any atom is -0.382 e. The molecular weight excluding hydrogens is 214 g/mol. The van der Waals surface area contributed by atoms with E-state index >= 15 is 0 Å². The van der Waals surface area contributed by atoms with E-state index in [9.17, 15) is 4.79 Å². The van der Waals surface area contributed by atoms with Crippen LogP contribution in [-0.2, 0) is 0 Å². The molecule has 1 aliphatic rings. The van der Waals surface area contributed by atoms with Crippen LogP contribution < -0.4 is 16.4 Å². The first-order valence-corrected chi connectivity index (χ1v) is 5.95. The molecule has 1 aliphatic carbocycles. The van der Waals surface area contributed by atoms with E-state index in [-0.39, 0.29) is 5.91 Å². The van der Waals surface area contributed by atoms with Crippen LogP contribution in [-0.4, -0.2) is 25.0 Å². The first kappa shape index (κ1) is 11.9. The lowest BCUT2D eigenvalue weighted by atomic mass is 9.87. The van der Waals surface area contributed by atoms with Gasteiger partial charge >= 0.3 is 0 Å². The molecule has 0 aliphatic heterocycles. The van der Waals surface area contributed by atoms with E-state index < -0.39 is 0 Å². The van der Waals surface area contributed by atoms with Gasteiger partial charge in [0.25, 0.3) is 5.91 Å². The molecule has 4 nitrogen and oxygen atoms in total. The van der Waals surface area contributed by atoms with Gasteiger partial charge < -0.3 is 16.4 Å². The highest BCUT2D eigenvalue weighted by Gasteiger charge is 2.26. The zero-order valence-corrected chi connectivity index (χ0v) is 10.3. The summed E-state index contributed by atoms with van der Waals surface area (Å²) in [6.07, 6.45) is 2.01. The Labute approximate surface area is 102 Å². The summed E-state index contributed by atoms with van der Waals surface area (Å²) in [6.45, 7) is 1.96. The van der Waals surface area contributed by atoms with Gasteiger partial charge in [0, 0.05) is 30.4 Å². The maximum absolute atomic E-state index is 11.6. The summed E-state index contributed by atoms with van der Waals surface area (Å²) in [5.74, 6) is -0.0449. The Bertz CT molecular complexity index is 425. The maximum atomic E-state index is 11.6. The van der Waals surface area contributed by atoms with Gasteiger partial charge in [-0.3, -0.25) is 4.79 Å². The van der Waals surface area contributed by atoms with Crippen molar-refractivity contribution in [2.45, 2.75) is 31.8 Å². The Morgan fingerprint density at radius 2 is 2.12 bits per heavy atom. The van der Waals surface area contributed by atoms with Crippen LogP contribution in [0.4, 0.5) is 5.69 Å². The second-order valence-electron chi connectivity index (χ2n) is 4.63. The highest BCUT2D eigenvalue weighted by Crippen LogP contribution is 2.26. The lowest BCUT2D eigenvalue weighted by Gasteiger charge is -2.34. The van der Waals surface area contributed by atoms with E-state index in [0.717, 1.165) is 29.7 Å². The molecule has 1 amide bonds. The lowest BCUT2D eigenvalue weighted by molar-refractivity contribution is 0.0962. The molecule has 0 spiro atoms. The van der Waals surface area contributed by atoms with E-state index in [1.54, 1.807) is 7.05 Å². The van der Waals surface area contributed by atoms with Gasteiger partial charge in [0.15, 0.2) is 0 Å². The molecule has 4 N–H and O–H groups in total. The van der Waals surface area contributed by atoms with Gasteiger partial charge in [0.1, 0.15) is 0 Å². The number of hydrogen-bond donors (Lipinski definition) is 3. The van der Waals surface area contributed by atoms with Crippen molar-refractivity contribution in [3.8, 4) is 0 Å². The van der Waals surface area contributed by atoms with E-state index in [2.05, 4.69) is 10.6 Å². The molecule has 1 aromatic rings. The molecule has 0 aromatic heterocycles. The number of nitrogens with two attached hydrogens (primary N) is 1. The van der Waals surface area contributed by atoms with Crippen LogP contribution >= 0.6 is 0 Å². The number of anilines is 1. The van der Waals surface area contributed by atoms with Crippen molar-refractivity contribution in [1.29, 1.82) is 0 Å². The van der Waals surface area contributed by atoms with Gasteiger partial charge in [-0.05, 0) is 37.5 Å². The van der Waals surface area contributed by atoms with Crippen LogP contribution in [0.2, 0.25) is 0 Å². The summed E-state index contributed by atoms with van der Waals surface area (Å²) in [7, 11) is 1.65. The molecule has 0 unspecified atom stereocenters. The van der Waals surface area contributed by atoms with Crippen LogP contribution in [0.5, 0.6) is 0 Å². The third-order valence-electron chi connectivity index (χ3n) is 3.34. The molecule has 1 saturated carbocycles. The van der Waals surface area contributed by atoms with Crippen molar-refractivity contribution in [2.75, 3.05) is 12.4 Å². The fraction of sp³-hybridized carbons (Fsp3) is 0.462. The number of amides is 1. The van der Waals surface area contributed by atoms with Crippen LogP contribution in [0.1, 0.15) is 28.8 Å². The first-order valence-electron chi connectivity index (χ1n) is 5.95. The van der Waals surface area contributed by atoms with Gasteiger partial charge in [-0.25, -0.2) is 0 Å². The monoisotopic (exact) mass is 233 g/mol. The van der Waals surface area contributed by atoms with Crippen molar-refractivity contribution in [1.82, 2.24) is 5.32 Å². The Kier molecular flexibility index (Phi) is 3.33. The van der Waals surface area contributed by atoms with E-state index in [4.69, 9.17) is 5.73 Å². The lowest BCUT2D eigenvalue weighted by Crippen LogP contribution is -2.44. The maximum Gasteiger partial charge on any atom is 0.251 e. The Morgan fingerprint density at radius 1 is 1.41 bits per heavy atom. The number of hydrogen-bond acceptors (Lipinski definition) is 3. The van der Waals surface area contributed by atoms with Gasteiger partial charge in [0.05, 0.1) is 0 Å². The van der Waals surface area contributed by atoms with Crippen LogP contribution in [0.25, 0.3) is 0 Å². The van der Waals surface area contributed by atoms with Crippen molar-refractivity contribution in [3.63, 3.8) is 0 Å². The topological polar surface area (TPSA) is 67.2 Å². The average molecular weight is 233 g/mol. The minimum absolute atomic E-state index is 0.0449. The summed E-state index contributed by atoms with van der Waals surface area (Å²) in [5, 5.41) is 6.09. The average Bonchev–Trinajstić information content (AvgIpc) is 2.28. The molecule has 2 rings (SSSR count). The largest absolute Gasteiger partial charge is 0.382 e. The zero-order chi connectivity index (χ0) is 12.4. The molecule has 0 heterocycles. The SMILES string of the molecule is CNC(=O)c1cccc(NC2CC(N)C2)c1C. The van der Waals surface area contributed by atoms with Gasteiger partial charge in [-0.15, -0.1) is 0 Å². The standard InChI is InChI=1S/C13H19N3O/c1-8-11(13(17)15-2)4-3-5-12(8)16-10-6-9(14)7-10/h3-5,9-10,16H,6-7,14H2,1-2H3,(H,15,17). The van der Waals surface area contributed by atoms with Gasteiger partial charge in [-0.1, -0.05) is 6.07 Å². The van der Waals surface area contributed by atoms with Crippen LogP contribution in [0.3, 0.4) is 0 Å². The first-order chi connectivity index (χ1) is 8.11. The van der Waals surface area contributed by atoms with Crippen LogP contribution in [0, 0.1) is 6.92 Å². The molecule has 0 bridgehead atoms. The molecule has 1 aromatic carbocycles. The fourth-order valence-electron chi connectivity index (χ4n) is 2.17. The molecule has 1 fully saturated rings. The summed E-state index contributed by atoms with van der Waals surface area (Å²) < 4.78 is 0. The summed E-state index contributed by atoms with van der Waals surface area (Å²) in [4.78, 5) is 11.6. The number of carbonyl (C=O) groups is 1. The van der Waals surface area contributed by atoms with Gasteiger partial charge in [-0.2, -0.15) is 0 Å².